The third-order valence-electron chi connectivity index (χ3n) is 1.69. The first-order valence-corrected chi connectivity index (χ1v) is 6.29. The first kappa shape index (κ1) is 12.2. The molecule has 0 aliphatic carbocycles. The van der Waals surface area contributed by atoms with E-state index in [0.29, 0.717) is 5.82 Å². The van der Waals surface area contributed by atoms with Crippen LogP contribution in [0.15, 0.2) is 17.2 Å². The van der Waals surface area contributed by atoms with Crippen LogP contribution in [0.4, 0.5) is 5.82 Å². The maximum Gasteiger partial charge on any atom is 0.239 e. The molecule has 0 saturated carbocycles. The maximum absolute atomic E-state index is 11.0. The van der Waals surface area contributed by atoms with Crippen LogP contribution in [0.2, 0.25) is 5.02 Å². The van der Waals surface area contributed by atoms with Gasteiger partial charge < -0.3 is 5.32 Å². The topological polar surface area (TPSA) is 85.1 Å². The van der Waals surface area contributed by atoms with Gasteiger partial charge in [0.15, 0.2) is 0 Å². The van der Waals surface area contributed by atoms with Gasteiger partial charge in [0.1, 0.15) is 10.7 Å². The Kier molecular flexibility index (Phi) is 3.90. The summed E-state index contributed by atoms with van der Waals surface area (Å²) in [5.41, 5.74) is 0. The third-order valence-corrected chi connectivity index (χ3v) is 2.86. The van der Waals surface area contributed by atoms with Crippen molar-refractivity contribution in [3.63, 3.8) is 0 Å². The molecule has 0 bridgehead atoms. The lowest BCUT2D eigenvalue weighted by molar-refractivity contribution is 0.597. The van der Waals surface area contributed by atoms with Crippen LogP contribution in [0.25, 0.3) is 0 Å². The van der Waals surface area contributed by atoms with Crippen LogP contribution in [0.3, 0.4) is 0 Å². The largest absolute Gasteiger partial charge is 0.369 e. The molecule has 0 unspecified atom stereocenters. The average molecular weight is 250 g/mol. The van der Waals surface area contributed by atoms with E-state index >= 15 is 0 Å². The summed E-state index contributed by atoms with van der Waals surface area (Å²) in [7, 11) is -3.74. The summed E-state index contributed by atoms with van der Waals surface area (Å²) in [6.07, 6.45) is 2.11. The van der Waals surface area contributed by atoms with Crippen molar-refractivity contribution in [2.75, 3.05) is 11.9 Å². The summed E-state index contributed by atoms with van der Waals surface area (Å²) in [4.78, 5) is 3.79. The predicted octanol–water partition coefficient (Wildman–Crippen LogP) is 1.20. The minimum atomic E-state index is -3.74. The lowest BCUT2D eigenvalue weighted by atomic mass is 10.4. The summed E-state index contributed by atoms with van der Waals surface area (Å²) in [5, 5.41) is 8.14. The molecule has 1 aromatic heterocycles. The van der Waals surface area contributed by atoms with Crippen LogP contribution in [0, 0.1) is 0 Å². The SMILES string of the molecule is CCCNc1ncc(S(N)(=O)=O)cc1Cl. The smallest absolute Gasteiger partial charge is 0.239 e. The van der Waals surface area contributed by atoms with E-state index in [1.807, 2.05) is 6.92 Å². The van der Waals surface area contributed by atoms with Crippen molar-refractivity contribution in [1.29, 1.82) is 0 Å². The van der Waals surface area contributed by atoms with Crippen LogP contribution in [0.1, 0.15) is 13.3 Å². The third kappa shape index (κ3) is 3.33. The molecule has 0 amide bonds. The Morgan fingerprint density at radius 1 is 1.60 bits per heavy atom. The van der Waals surface area contributed by atoms with Gasteiger partial charge in [-0.05, 0) is 12.5 Å². The molecule has 0 spiro atoms. The molecule has 1 aromatic rings. The quantitative estimate of drug-likeness (QED) is 0.840. The Labute approximate surface area is 93.7 Å². The minimum Gasteiger partial charge on any atom is -0.369 e. The zero-order valence-corrected chi connectivity index (χ0v) is 9.77. The Morgan fingerprint density at radius 3 is 2.73 bits per heavy atom. The van der Waals surface area contributed by atoms with Gasteiger partial charge in [-0.1, -0.05) is 18.5 Å². The number of rotatable bonds is 4. The number of anilines is 1. The van der Waals surface area contributed by atoms with Gasteiger partial charge >= 0.3 is 0 Å². The van der Waals surface area contributed by atoms with Gasteiger partial charge in [0.05, 0.1) is 5.02 Å². The van der Waals surface area contributed by atoms with E-state index in [1.165, 1.54) is 12.3 Å². The molecule has 1 heterocycles. The van der Waals surface area contributed by atoms with E-state index in [1.54, 1.807) is 0 Å². The second kappa shape index (κ2) is 4.78. The number of nitrogens with zero attached hydrogens (tertiary/aromatic N) is 1. The van der Waals surface area contributed by atoms with Gasteiger partial charge in [-0.25, -0.2) is 18.5 Å². The normalized spacial score (nSPS) is 11.4. The highest BCUT2D eigenvalue weighted by Crippen LogP contribution is 2.21. The second-order valence-electron chi connectivity index (χ2n) is 2.97. The Balaban J connectivity index is 2.99. The standard InChI is InChI=1S/C8H12ClN3O2S/c1-2-3-11-8-7(9)4-6(5-12-8)15(10,13)14/h4-5H,2-3H2,1H3,(H,11,12)(H2,10,13,14). The molecule has 7 heteroatoms. The minimum absolute atomic E-state index is 0.0884. The highest BCUT2D eigenvalue weighted by molar-refractivity contribution is 7.89. The Bertz CT molecular complexity index is 447. The van der Waals surface area contributed by atoms with E-state index in [4.69, 9.17) is 16.7 Å². The van der Waals surface area contributed by atoms with E-state index in [2.05, 4.69) is 10.3 Å². The van der Waals surface area contributed by atoms with Crippen molar-refractivity contribution in [1.82, 2.24) is 4.98 Å². The summed E-state index contributed by atoms with van der Waals surface area (Å²) in [6, 6.07) is 1.28. The monoisotopic (exact) mass is 249 g/mol. The zero-order valence-electron chi connectivity index (χ0n) is 8.20. The number of primary sulfonamides is 1. The van der Waals surface area contributed by atoms with E-state index in [0.717, 1.165) is 13.0 Å². The first-order chi connectivity index (χ1) is 6.95. The van der Waals surface area contributed by atoms with Gasteiger partial charge in [0.2, 0.25) is 10.0 Å². The molecule has 0 aromatic carbocycles. The molecular weight excluding hydrogens is 238 g/mol. The summed E-state index contributed by atoms with van der Waals surface area (Å²) < 4.78 is 21.9. The van der Waals surface area contributed by atoms with Crippen molar-refractivity contribution in [2.24, 2.45) is 5.14 Å². The lowest BCUT2D eigenvalue weighted by Gasteiger charge is -2.06. The van der Waals surface area contributed by atoms with Gasteiger partial charge in [0, 0.05) is 12.7 Å². The number of pyridine rings is 1. The van der Waals surface area contributed by atoms with Gasteiger partial charge in [-0.3, -0.25) is 0 Å². The van der Waals surface area contributed by atoms with Crippen LogP contribution in [0.5, 0.6) is 0 Å². The van der Waals surface area contributed by atoms with Crippen LogP contribution >= 0.6 is 11.6 Å². The molecule has 0 aliphatic heterocycles. The highest BCUT2D eigenvalue weighted by atomic mass is 35.5. The molecule has 5 nitrogen and oxygen atoms in total. The molecule has 0 radical (unpaired) electrons. The number of nitrogens with two attached hydrogens (primary N) is 1. The number of hydrogen-bond donors (Lipinski definition) is 2. The summed E-state index contributed by atoms with van der Waals surface area (Å²) >= 11 is 5.83. The molecule has 3 N–H and O–H groups in total. The van der Waals surface area contributed by atoms with E-state index < -0.39 is 10.0 Å². The molecule has 15 heavy (non-hydrogen) atoms. The maximum atomic E-state index is 11.0. The van der Waals surface area contributed by atoms with E-state index in [9.17, 15) is 8.42 Å². The lowest BCUT2D eigenvalue weighted by Crippen LogP contribution is -2.13. The van der Waals surface area contributed by atoms with Gasteiger partial charge in [-0.15, -0.1) is 0 Å². The number of halogens is 1. The first-order valence-electron chi connectivity index (χ1n) is 4.37. The summed E-state index contributed by atoms with van der Waals surface area (Å²) in [5.74, 6) is 0.464. The molecular formula is C8H12ClN3O2S. The van der Waals surface area contributed by atoms with E-state index in [-0.39, 0.29) is 9.92 Å². The average Bonchev–Trinajstić information content (AvgIpc) is 2.14. The molecule has 1 rings (SSSR count). The molecule has 84 valence electrons. The van der Waals surface area contributed by atoms with Crippen molar-refractivity contribution < 1.29 is 8.42 Å². The molecule has 0 atom stereocenters. The van der Waals surface area contributed by atoms with Crippen LogP contribution in [-0.2, 0) is 10.0 Å². The molecule has 0 aliphatic rings. The van der Waals surface area contributed by atoms with Gasteiger partial charge in [-0.2, -0.15) is 0 Å². The van der Waals surface area contributed by atoms with Crippen molar-refractivity contribution in [3.05, 3.63) is 17.3 Å². The number of nitrogens with one attached hydrogen (secondary N) is 1. The fourth-order valence-corrected chi connectivity index (χ4v) is 1.73. The van der Waals surface area contributed by atoms with Crippen LogP contribution in [-0.4, -0.2) is 19.9 Å². The number of sulfonamides is 1. The zero-order chi connectivity index (χ0) is 11.5. The van der Waals surface area contributed by atoms with Gasteiger partial charge in [0.25, 0.3) is 0 Å². The fourth-order valence-electron chi connectivity index (χ4n) is 0.949. The van der Waals surface area contributed by atoms with Crippen molar-refractivity contribution >= 4 is 27.4 Å². The number of aromatic nitrogens is 1. The number of hydrogen-bond acceptors (Lipinski definition) is 4. The van der Waals surface area contributed by atoms with Crippen molar-refractivity contribution in [2.45, 2.75) is 18.2 Å². The fraction of sp³-hybridized carbons (Fsp3) is 0.375. The highest BCUT2D eigenvalue weighted by Gasteiger charge is 2.11. The Hall–Kier alpha value is -0.850. The molecule has 0 saturated heterocycles. The second-order valence-corrected chi connectivity index (χ2v) is 4.94. The van der Waals surface area contributed by atoms with Crippen LogP contribution < -0.4 is 10.5 Å². The summed E-state index contributed by atoms with van der Waals surface area (Å²) in [6.45, 7) is 2.72. The predicted molar refractivity (Wildman–Crippen MR) is 59.4 cm³/mol. The molecule has 0 fully saturated rings. The Morgan fingerprint density at radius 2 is 2.27 bits per heavy atom. The van der Waals surface area contributed by atoms with Crippen molar-refractivity contribution in [3.8, 4) is 0 Å².